The summed E-state index contributed by atoms with van der Waals surface area (Å²) in [7, 11) is 4.30. The minimum absolute atomic E-state index is 0.195. The molecule has 0 spiro atoms. The van der Waals surface area contributed by atoms with Crippen molar-refractivity contribution in [3.8, 4) is 6.07 Å². The standard InChI is InChI=1S/C26H34N6/c1-7-20-21(15-18-11-9-8-10-12-18)24(31-14-13-19(17-31)30(5)6)32-23(22(20)16-27)28-25(29-32)26(2,3)4/h8-12,19H,7,13-15,17H2,1-6H3/t19-/m0/s1. The van der Waals surface area contributed by atoms with Crippen molar-refractivity contribution in [2.24, 2.45) is 0 Å². The quantitative estimate of drug-likeness (QED) is 0.607. The molecule has 6 nitrogen and oxygen atoms in total. The topological polar surface area (TPSA) is 60.5 Å². The zero-order valence-electron chi connectivity index (χ0n) is 20.2. The number of nitriles is 1. The lowest BCUT2D eigenvalue weighted by Gasteiger charge is -2.26. The number of aromatic nitrogens is 3. The van der Waals surface area contributed by atoms with Crippen LogP contribution in [0.2, 0.25) is 0 Å². The molecule has 32 heavy (non-hydrogen) atoms. The number of anilines is 1. The normalized spacial score (nSPS) is 16.8. The predicted octanol–water partition coefficient (Wildman–Crippen LogP) is 4.19. The van der Waals surface area contributed by atoms with Crippen molar-refractivity contribution in [1.82, 2.24) is 19.5 Å². The highest BCUT2D eigenvalue weighted by Crippen LogP contribution is 2.35. The molecule has 1 fully saturated rings. The molecule has 2 aromatic heterocycles. The Bertz CT molecular complexity index is 1150. The van der Waals surface area contributed by atoms with E-state index in [0.29, 0.717) is 17.3 Å². The average Bonchev–Trinajstić information content (AvgIpc) is 3.41. The van der Waals surface area contributed by atoms with Gasteiger partial charge in [0.1, 0.15) is 17.5 Å². The Balaban J connectivity index is 2.00. The van der Waals surface area contributed by atoms with E-state index in [2.05, 4.69) is 81.9 Å². The zero-order chi connectivity index (χ0) is 23.0. The van der Waals surface area contributed by atoms with Gasteiger partial charge >= 0.3 is 0 Å². The number of hydrogen-bond donors (Lipinski definition) is 0. The lowest BCUT2D eigenvalue weighted by molar-refractivity contribution is 0.315. The first kappa shape index (κ1) is 22.3. The van der Waals surface area contributed by atoms with E-state index in [0.717, 1.165) is 49.6 Å². The largest absolute Gasteiger partial charge is 0.355 e. The molecule has 0 aliphatic carbocycles. The molecule has 0 unspecified atom stereocenters. The highest BCUT2D eigenvalue weighted by atomic mass is 15.4. The van der Waals surface area contributed by atoms with Gasteiger partial charge in [-0.3, -0.25) is 0 Å². The maximum atomic E-state index is 10.2. The first-order valence-electron chi connectivity index (χ1n) is 11.5. The van der Waals surface area contributed by atoms with Crippen LogP contribution in [0.1, 0.15) is 62.2 Å². The van der Waals surface area contributed by atoms with E-state index >= 15 is 0 Å². The molecule has 6 heteroatoms. The van der Waals surface area contributed by atoms with Crippen LogP contribution in [0.5, 0.6) is 0 Å². The number of pyridine rings is 1. The van der Waals surface area contributed by atoms with Crippen LogP contribution in [0.4, 0.5) is 5.82 Å². The molecule has 0 amide bonds. The Morgan fingerprint density at radius 3 is 2.44 bits per heavy atom. The van der Waals surface area contributed by atoms with Crippen LogP contribution in [0, 0.1) is 11.3 Å². The molecule has 3 aromatic rings. The van der Waals surface area contributed by atoms with E-state index in [4.69, 9.17) is 10.1 Å². The molecular formula is C26H34N6. The van der Waals surface area contributed by atoms with Crippen molar-refractivity contribution < 1.29 is 0 Å². The number of hydrogen-bond acceptors (Lipinski definition) is 5. The van der Waals surface area contributed by atoms with Gasteiger partial charge in [0.25, 0.3) is 0 Å². The minimum atomic E-state index is -0.195. The fraction of sp³-hybridized carbons (Fsp3) is 0.500. The predicted molar refractivity (Wildman–Crippen MR) is 129 cm³/mol. The highest BCUT2D eigenvalue weighted by Gasteiger charge is 2.32. The summed E-state index contributed by atoms with van der Waals surface area (Å²) in [6.07, 6.45) is 2.68. The first-order valence-corrected chi connectivity index (χ1v) is 11.5. The van der Waals surface area contributed by atoms with Crippen molar-refractivity contribution in [3.63, 3.8) is 0 Å². The molecule has 0 N–H and O–H groups in total. The molecule has 168 valence electrons. The Morgan fingerprint density at radius 2 is 1.88 bits per heavy atom. The SMILES string of the molecule is CCc1c(Cc2ccccc2)c(N2CC[C@H](N(C)C)C2)n2nc(C(C)(C)C)nc2c1C#N. The van der Waals surface area contributed by atoms with Crippen LogP contribution in [-0.4, -0.2) is 52.7 Å². The van der Waals surface area contributed by atoms with E-state index in [-0.39, 0.29) is 5.41 Å². The number of likely N-dealkylation sites (N-methyl/N-ethyl adjacent to an activating group) is 1. The third kappa shape index (κ3) is 3.98. The van der Waals surface area contributed by atoms with Crippen molar-refractivity contribution in [2.75, 3.05) is 32.1 Å². The third-order valence-electron chi connectivity index (χ3n) is 6.52. The second-order valence-electron chi connectivity index (χ2n) is 10.1. The summed E-state index contributed by atoms with van der Waals surface area (Å²) in [4.78, 5) is 9.65. The molecule has 1 aliphatic heterocycles. The van der Waals surface area contributed by atoms with Crippen molar-refractivity contribution in [3.05, 3.63) is 58.4 Å². The van der Waals surface area contributed by atoms with Gasteiger partial charge in [-0.05, 0) is 38.1 Å². The summed E-state index contributed by atoms with van der Waals surface area (Å²) in [5, 5.41) is 15.2. The van der Waals surface area contributed by atoms with Gasteiger partial charge in [0.15, 0.2) is 11.5 Å². The second kappa shape index (κ2) is 8.55. The summed E-state index contributed by atoms with van der Waals surface area (Å²) >= 11 is 0. The van der Waals surface area contributed by atoms with E-state index < -0.39 is 0 Å². The third-order valence-corrected chi connectivity index (χ3v) is 6.52. The number of rotatable bonds is 5. The fourth-order valence-electron chi connectivity index (χ4n) is 4.66. The summed E-state index contributed by atoms with van der Waals surface area (Å²) in [6, 6.07) is 13.5. The molecule has 1 aromatic carbocycles. The van der Waals surface area contributed by atoms with E-state index in [1.165, 1.54) is 11.1 Å². The monoisotopic (exact) mass is 430 g/mol. The zero-order valence-corrected chi connectivity index (χ0v) is 20.2. The molecule has 0 bridgehead atoms. The Kier molecular flexibility index (Phi) is 5.96. The van der Waals surface area contributed by atoms with E-state index in [1.807, 2.05) is 10.6 Å². The van der Waals surface area contributed by atoms with Gasteiger partial charge in [-0.1, -0.05) is 58.0 Å². The number of fused-ring (bicyclic) bond motifs is 1. The molecule has 1 aliphatic rings. The maximum absolute atomic E-state index is 10.2. The van der Waals surface area contributed by atoms with Gasteiger partial charge in [-0.15, -0.1) is 5.10 Å². The van der Waals surface area contributed by atoms with Gasteiger partial charge in [0.05, 0.1) is 0 Å². The second-order valence-corrected chi connectivity index (χ2v) is 10.1. The minimum Gasteiger partial charge on any atom is -0.355 e. The summed E-state index contributed by atoms with van der Waals surface area (Å²) in [5.41, 5.74) is 4.70. The molecule has 0 radical (unpaired) electrons. The summed E-state index contributed by atoms with van der Waals surface area (Å²) in [5.74, 6) is 1.88. The van der Waals surface area contributed by atoms with Gasteiger partial charge in [0, 0.05) is 36.5 Å². The molecule has 4 rings (SSSR count). The summed E-state index contributed by atoms with van der Waals surface area (Å²) in [6.45, 7) is 10.4. The lowest BCUT2D eigenvalue weighted by Crippen LogP contribution is -2.33. The van der Waals surface area contributed by atoms with Gasteiger partial charge < -0.3 is 9.80 Å². The Morgan fingerprint density at radius 1 is 1.16 bits per heavy atom. The molecule has 0 saturated carbocycles. The van der Waals surface area contributed by atoms with E-state index in [9.17, 15) is 5.26 Å². The molecule has 3 heterocycles. The fourth-order valence-corrected chi connectivity index (χ4v) is 4.66. The smallest absolute Gasteiger partial charge is 0.176 e. The summed E-state index contributed by atoms with van der Waals surface area (Å²) < 4.78 is 1.97. The first-order chi connectivity index (χ1) is 15.2. The molecule has 1 atom stereocenters. The molecule has 1 saturated heterocycles. The van der Waals surface area contributed by atoms with Crippen LogP contribution < -0.4 is 4.90 Å². The van der Waals surface area contributed by atoms with Crippen molar-refractivity contribution in [1.29, 1.82) is 5.26 Å². The lowest BCUT2D eigenvalue weighted by atomic mass is 9.95. The number of benzene rings is 1. The van der Waals surface area contributed by atoms with Crippen molar-refractivity contribution in [2.45, 2.75) is 58.4 Å². The van der Waals surface area contributed by atoms with Crippen LogP contribution in [0.15, 0.2) is 30.3 Å². The number of nitrogens with zero attached hydrogens (tertiary/aromatic N) is 6. The van der Waals surface area contributed by atoms with Gasteiger partial charge in [-0.25, -0.2) is 4.98 Å². The Labute approximate surface area is 191 Å². The van der Waals surface area contributed by atoms with Gasteiger partial charge in [-0.2, -0.15) is 9.78 Å². The van der Waals surface area contributed by atoms with Crippen LogP contribution >= 0.6 is 0 Å². The van der Waals surface area contributed by atoms with Crippen LogP contribution in [0.25, 0.3) is 5.65 Å². The average molecular weight is 431 g/mol. The highest BCUT2D eigenvalue weighted by molar-refractivity contribution is 5.70. The van der Waals surface area contributed by atoms with Crippen LogP contribution in [0.3, 0.4) is 0 Å². The Hall–Kier alpha value is -2.91. The molecular weight excluding hydrogens is 396 g/mol. The van der Waals surface area contributed by atoms with Gasteiger partial charge in [0.2, 0.25) is 0 Å². The van der Waals surface area contributed by atoms with Crippen LogP contribution in [-0.2, 0) is 18.3 Å². The van der Waals surface area contributed by atoms with Crippen molar-refractivity contribution >= 4 is 11.5 Å². The maximum Gasteiger partial charge on any atom is 0.176 e. The van der Waals surface area contributed by atoms with E-state index in [1.54, 1.807) is 0 Å².